The number of aliphatic hydroxyl groups is 2. The van der Waals surface area contributed by atoms with Crippen molar-refractivity contribution in [2.75, 3.05) is 0 Å². The summed E-state index contributed by atoms with van der Waals surface area (Å²) in [5, 5.41) is 26.6. The third-order valence-electron chi connectivity index (χ3n) is 2.52. The molecule has 0 aliphatic rings. The molecule has 17 heavy (non-hydrogen) atoms. The van der Waals surface area contributed by atoms with Gasteiger partial charge in [-0.05, 0) is 31.5 Å². The summed E-state index contributed by atoms with van der Waals surface area (Å²) in [6.07, 6.45) is 1.66. The van der Waals surface area contributed by atoms with Gasteiger partial charge in [-0.2, -0.15) is 0 Å². The Balaban J connectivity index is 2.39. The van der Waals surface area contributed by atoms with Crippen LogP contribution in [0.4, 0.5) is 0 Å². The molecular weight excluding hydrogens is 218 g/mol. The standard InChI is InChI=1S/C12H15N3O2/c1-12(2,17)9-4-3-5-11(6-9)15-7-10(8-16)13-14-15/h3-7,16-17H,8H2,1-2H3. The Bertz CT molecular complexity index is 514. The minimum atomic E-state index is -0.892. The molecule has 0 bridgehead atoms. The zero-order chi connectivity index (χ0) is 12.5. The maximum atomic E-state index is 9.93. The van der Waals surface area contributed by atoms with Crippen LogP contribution < -0.4 is 0 Å². The molecule has 0 amide bonds. The minimum Gasteiger partial charge on any atom is -0.390 e. The largest absolute Gasteiger partial charge is 0.390 e. The van der Waals surface area contributed by atoms with E-state index in [-0.39, 0.29) is 6.61 Å². The van der Waals surface area contributed by atoms with E-state index in [1.54, 1.807) is 24.7 Å². The number of benzene rings is 1. The zero-order valence-electron chi connectivity index (χ0n) is 9.83. The van der Waals surface area contributed by atoms with Gasteiger partial charge in [-0.25, -0.2) is 4.68 Å². The Morgan fingerprint density at radius 1 is 1.35 bits per heavy atom. The van der Waals surface area contributed by atoms with Gasteiger partial charge in [0.25, 0.3) is 0 Å². The lowest BCUT2D eigenvalue weighted by molar-refractivity contribution is 0.0786. The van der Waals surface area contributed by atoms with Gasteiger partial charge >= 0.3 is 0 Å². The highest BCUT2D eigenvalue weighted by Crippen LogP contribution is 2.21. The molecule has 0 unspecified atom stereocenters. The normalized spacial score (nSPS) is 11.8. The highest BCUT2D eigenvalue weighted by atomic mass is 16.3. The SMILES string of the molecule is CC(C)(O)c1cccc(-n2cc(CO)nn2)c1. The topological polar surface area (TPSA) is 71.2 Å². The van der Waals surface area contributed by atoms with Crippen LogP contribution in [0.3, 0.4) is 0 Å². The van der Waals surface area contributed by atoms with E-state index >= 15 is 0 Å². The van der Waals surface area contributed by atoms with Crippen LogP contribution in [0.25, 0.3) is 5.69 Å². The van der Waals surface area contributed by atoms with Crippen molar-refractivity contribution < 1.29 is 10.2 Å². The first-order valence-electron chi connectivity index (χ1n) is 5.36. The quantitative estimate of drug-likeness (QED) is 0.829. The molecule has 1 heterocycles. The molecule has 0 aliphatic carbocycles. The molecule has 5 heteroatoms. The molecule has 0 saturated heterocycles. The van der Waals surface area contributed by atoms with Gasteiger partial charge in [-0.3, -0.25) is 0 Å². The van der Waals surface area contributed by atoms with Crippen molar-refractivity contribution in [3.8, 4) is 5.69 Å². The molecule has 0 fully saturated rings. The van der Waals surface area contributed by atoms with E-state index in [0.717, 1.165) is 11.3 Å². The van der Waals surface area contributed by atoms with E-state index in [9.17, 15) is 5.11 Å². The van der Waals surface area contributed by atoms with Gasteiger partial charge in [0.15, 0.2) is 0 Å². The van der Waals surface area contributed by atoms with Crippen molar-refractivity contribution in [3.05, 3.63) is 41.7 Å². The van der Waals surface area contributed by atoms with E-state index in [1.807, 2.05) is 24.3 Å². The first kappa shape index (κ1) is 11.8. The summed E-state index contributed by atoms with van der Waals surface area (Å²) in [7, 11) is 0. The van der Waals surface area contributed by atoms with Gasteiger partial charge in [0.1, 0.15) is 5.69 Å². The summed E-state index contributed by atoms with van der Waals surface area (Å²) < 4.78 is 1.57. The van der Waals surface area contributed by atoms with E-state index in [4.69, 9.17) is 5.11 Å². The summed E-state index contributed by atoms with van der Waals surface area (Å²) in [5.41, 5.74) is 1.22. The van der Waals surface area contributed by atoms with Gasteiger partial charge in [0, 0.05) is 0 Å². The molecule has 0 aliphatic heterocycles. The molecule has 0 saturated carbocycles. The fourth-order valence-corrected chi connectivity index (χ4v) is 1.53. The Morgan fingerprint density at radius 2 is 2.12 bits per heavy atom. The van der Waals surface area contributed by atoms with Crippen LogP contribution in [-0.4, -0.2) is 25.2 Å². The average Bonchev–Trinajstić information content (AvgIpc) is 2.76. The molecule has 90 valence electrons. The Kier molecular flexibility index (Phi) is 2.95. The van der Waals surface area contributed by atoms with Crippen LogP contribution in [0, 0.1) is 0 Å². The van der Waals surface area contributed by atoms with Gasteiger partial charge in [0.05, 0.1) is 24.1 Å². The predicted octanol–water partition coefficient (Wildman–Crippen LogP) is 0.987. The highest BCUT2D eigenvalue weighted by molar-refractivity contribution is 5.37. The molecule has 2 rings (SSSR count). The average molecular weight is 233 g/mol. The van der Waals surface area contributed by atoms with Crippen molar-refractivity contribution in [3.63, 3.8) is 0 Å². The summed E-state index contributed by atoms with van der Waals surface area (Å²) in [5.74, 6) is 0. The van der Waals surface area contributed by atoms with Crippen LogP contribution >= 0.6 is 0 Å². The third-order valence-corrected chi connectivity index (χ3v) is 2.52. The predicted molar refractivity (Wildman–Crippen MR) is 62.5 cm³/mol. The molecule has 1 aromatic heterocycles. The fourth-order valence-electron chi connectivity index (χ4n) is 1.53. The molecule has 0 atom stereocenters. The number of hydrogen-bond donors (Lipinski definition) is 2. The summed E-state index contributed by atoms with van der Waals surface area (Å²) in [6.45, 7) is 3.32. The molecule has 2 aromatic rings. The number of rotatable bonds is 3. The Labute approximate surface area is 99.3 Å². The molecule has 5 nitrogen and oxygen atoms in total. The van der Waals surface area contributed by atoms with E-state index in [0.29, 0.717) is 5.69 Å². The van der Waals surface area contributed by atoms with Crippen molar-refractivity contribution in [2.24, 2.45) is 0 Å². The summed E-state index contributed by atoms with van der Waals surface area (Å²) in [6, 6.07) is 7.41. The van der Waals surface area contributed by atoms with Gasteiger partial charge in [0.2, 0.25) is 0 Å². The second-order valence-corrected chi connectivity index (χ2v) is 4.42. The van der Waals surface area contributed by atoms with E-state index in [1.165, 1.54) is 0 Å². The smallest absolute Gasteiger partial charge is 0.109 e. The second kappa shape index (κ2) is 4.27. The molecule has 0 spiro atoms. The maximum absolute atomic E-state index is 9.93. The molecule has 2 N–H and O–H groups in total. The van der Waals surface area contributed by atoms with Crippen molar-refractivity contribution in [1.29, 1.82) is 0 Å². The molecular formula is C12H15N3O2. The van der Waals surface area contributed by atoms with Crippen LogP contribution in [0.2, 0.25) is 0 Å². The third kappa shape index (κ3) is 2.51. The van der Waals surface area contributed by atoms with Crippen molar-refractivity contribution in [2.45, 2.75) is 26.1 Å². The molecule has 0 radical (unpaired) electrons. The zero-order valence-corrected chi connectivity index (χ0v) is 9.83. The second-order valence-electron chi connectivity index (χ2n) is 4.42. The van der Waals surface area contributed by atoms with Crippen molar-refractivity contribution >= 4 is 0 Å². The number of hydrogen-bond acceptors (Lipinski definition) is 4. The lowest BCUT2D eigenvalue weighted by atomic mass is 9.98. The Morgan fingerprint density at radius 3 is 2.71 bits per heavy atom. The number of aromatic nitrogens is 3. The summed E-state index contributed by atoms with van der Waals surface area (Å²) >= 11 is 0. The van der Waals surface area contributed by atoms with E-state index in [2.05, 4.69) is 10.3 Å². The number of aliphatic hydroxyl groups excluding tert-OH is 1. The van der Waals surface area contributed by atoms with Gasteiger partial charge in [-0.1, -0.05) is 17.3 Å². The van der Waals surface area contributed by atoms with Gasteiger partial charge < -0.3 is 10.2 Å². The first-order valence-corrected chi connectivity index (χ1v) is 5.36. The van der Waals surface area contributed by atoms with Crippen molar-refractivity contribution in [1.82, 2.24) is 15.0 Å². The first-order chi connectivity index (χ1) is 8.00. The fraction of sp³-hybridized carbons (Fsp3) is 0.333. The lowest BCUT2D eigenvalue weighted by Crippen LogP contribution is -2.15. The lowest BCUT2D eigenvalue weighted by Gasteiger charge is -2.18. The van der Waals surface area contributed by atoms with Crippen LogP contribution in [-0.2, 0) is 12.2 Å². The van der Waals surface area contributed by atoms with Crippen LogP contribution in [0.5, 0.6) is 0 Å². The minimum absolute atomic E-state index is 0.134. The van der Waals surface area contributed by atoms with Crippen LogP contribution in [0.1, 0.15) is 25.1 Å². The van der Waals surface area contributed by atoms with Crippen LogP contribution in [0.15, 0.2) is 30.5 Å². The molecule has 1 aromatic carbocycles. The van der Waals surface area contributed by atoms with E-state index < -0.39 is 5.60 Å². The summed E-state index contributed by atoms with van der Waals surface area (Å²) in [4.78, 5) is 0. The maximum Gasteiger partial charge on any atom is 0.109 e. The highest BCUT2D eigenvalue weighted by Gasteiger charge is 2.16. The monoisotopic (exact) mass is 233 g/mol. The van der Waals surface area contributed by atoms with Gasteiger partial charge in [-0.15, -0.1) is 5.10 Å². The Hall–Kier alpha value is -1.72. The number of nitrogens with zero attached hydrogens (tertiary/aromatic N) is 3.